The lowest BCUT2D eigenvalue weighted by atomic mass is 10.1. The highest BCUT2D eigenvalue weighted by atomic mass is 16.5. The minimum absolute atomic E-state index is 0.181. The van der Waals surface area contributed by atoms with Crippen LogP contribution in [0, 0.1) is 11.3 Å². The predicted octanol–water partition coefficient (Wildman–Crippen LogP) is 5.68. The van der Waals surface area contributed by atoms with Crippen LogP contribution in [-0.4, -0.2) is 31.7 Å². The molecule has 0 radical (unpaired) electrons. The van der Waals surface area contributed by atoms with Crippen molar-refractivity contribution in [2.24, 2.45) is 0 Å². The molecule has 0 saturated heterocycles. The average molecular weight is 523 g/mol. The largest absolute Gasteiger partial charge is 0.497 e. The molecule has 8 nitrogen and oxygen atoms in total. The minimum Gasteiger partial charge on any atom is -0.497 e. The van der Waals surface area contributed by atoms with Gasteiger partial charge in [-0.3, -0.25) is 9.36 Å². The van der Waals surface area contributed by atoms with E-state index in [0.29, 0.717) is 33.7 Å². The second-order valence-corrected chi connectivity index (χ2v) is 8.99. The van der Waals surface area contributed by atoms with Gasteiger partial charge in [-0.2, -0.15) is 5.26 Å². The van der Waals surface area contributed by atoms with Crippen LogP contribution in [0.3, 0.4) is 0 Å². The number of nitriles is 1. The number of benzene rings is 4. The molecule has 0 fully saturated rings. The van der Waals surface area contributed by atoms with E-state index in [2.05, 4.69) is 16.4 Å². The number of para-hydroxylation sites is 1. The molecule has 6 rings (SSSR count). The van der Waals surface area contributed by atoms with Crippen LogP contribution in [0.15, 0.2) is 108 Å². The zero-order valence-corrected chi connectivity index (χ0v) is 21.5. The Labute approximate surface area is 229 Å². The summed E-state index contributed by atoms with van der Waals surface area (Å²) in [6.07, 6.45) is 5.51. The summed E-state index contributed by atoms with van der Waals surface area (Å²) in [5, 5.41) is 18.2. The van der Waals surface area contributed by atoms with Gasteiger partial charge in [-0.05, 0) is 78.4 Å². The highest BCUT2D eigenvalue weighted by Gasteiger charge is 2.13. The van der Waals surface area contributed by atoms with Crippen molar-refractivity contribution in [1.82, 2.24) is 24.5 Å². The first-order chi connectivity index (χ1) is 19.6. The molecule has 0 atom stereocenters. The lowest BCUT2D eigenvalue weighted by molar-refractivity contribution is 0.415. The summed E-state index contributed by atoms with van der Waals surface area (Å²) in [6, 6.07) is 31.8. The number of hydrogen-bond donors (Lipinski definition) is 0. The second kappa shape index (κ2) is 10.5. The summed E-state index contributed by atoms with van der Waals surface area (Å²) in [5.41, 5.74) is 4.88. The van der Waals surface area contributed by atoms with Crippen LogP contribution in [0.25, 0.3) is 45.7 Å². The van der Waals surface area contributed by atoms with E-state index >= 15 is 0 Å². The minimum atomic E-state index is -0.181. The number of ether oxygens (including phenoxy) is 1. The molecular formula is C32H22N6O2. The number of hydrogen-bond acceptors (Lipinski definition) is 6. The topological polar surface area (TPSA) is 98.6 Å². The lowest BCUT2D eigenvalue weighted by Gasteiger charge is -2.12. The molecule has 40 heavy (non-hydrogen) atoms. The van der Waals surface area contributed by atoms with Gasteiger partial charge >= 0.3 is 0 Å². The van der Waals surface area contributed by atoms with Crippen molar-refractivity contribution in [2.75, 3.05) is 7.11 Å². The van der Waals surface area contributed by atoms with Gasteiger partial charge in [0.1, 0.15) is 17.3 Å². The number of aromatic nitrogens is 5. The lowest BCUT2D eigenvalue weighted by Crippen LogP contribution is -2.22. The zero-order chi connectivity index (χ0) is 27.5. The van der Waals surface area contributed by atoms with Gasteiger partial charge in [0.25, 0.3) is 5.56 Å². The van der Waals surface area contributed by atoms with Crippen molar-refractivity contribution in [3.05, 3.63) is 131 Å². The van der Waals surface area contributed by atoms with Gasteiger partial charge in [0.15, 0.2) is 0 Å². The van der Waals surface area contributed by atoms with Crippen LogP contribution in [-0.2, 0) is 0 Å². The monoisotopic (exact) mass is 522 g/mol. The van der Waals surface area contributed by atoms with E-state index in [-0.39, 0.29) is 5.56 Å². The fourth-order valence-electron chi connectivity index (χ4n) is 4.40. The van der Waals surface area contributed by atoms with Crippen molar-refractivity contribution in [3.63, 3.8) is 0 Å². The van der Waals surface area contributed by atoms with Gasteiger partial charge in [0, 0.05) is 5.56 Å². The van der Waals surface area contributed by atoms with Gasteiger partial charge in [-0.15, -0.1) is 5.10 Å². The van der Waals surface area contributed by atoms with Crippen LogP contribution >= 0.6 is 0 Å². The van der Waals surface area contributed by atoms with E-state index in [4.69, 9.17) is 15.0 Å². The smallest absolute Gasteiger partial charge is 0.266 e. The molecule has 2 aromatic heterocycles. The van der Waals surface area contributed by atoms with Crippen molar-refractivity contribution >= 4 is 23.1 Å². The maximum absolute atomic E-state index is 13.7. The second-order valence-electron chi connectivity index (χ2n) is 8.99. The van der Waals surface area contributed by atoms with Crippen molar-refractivity contribution in [2.45, 2.75) is 0 Å². The van der Waals surface area contributed by atoms with Crippen LogP contribution in [0.2, 0.25) is 0 Å². The number of nitrogens with zero attached hydrogens (tertiary/aromatic N) is 6. The van der Waals surface area contributed by atoms with E-state index in [1.807, 2.05) is 91.1 Å². The van der Waals surface area contributed by atoms with Crippen molar-refractivity contribution in [3.8, 4) is 34.5 Å². The quantitative estimate of drug-likeness (QED) is 0.279. The highest BCUT2D eigenvalue weighted by Crippen LogP contribution is 2.23. The average Bonchev–Trinajstić information content (AvgIpc) is 3.51. The van der Waals surface area contributed by atoms with Crippen LogP contribution in [0.4, 0.5) is 0 Å². The highest BCUT2D eigenvalue weighted by molar-refractivity contribution is 5.82. The molecule has 0 aliphatic rings. The first-order valence-electron chi connectivity index (χ1n) is 12.5. The Bertz CT molecular complexity index is 1950. The fourth-order valence-corrected chi connectivity index (χ4v) is 4.40. The molecule has 0 bridgehead atoms. The Hall–Kier alpha value is -5.81. The molecule has 8 heteroatoms. The van der Waals surface area contributed by atoms with Gasteiger partial charge in [-0.1, -0.05) is 41.6 Å². The summed E-state index contributed by atoms with van der Waals surface area (Å²) in [5.74, 6) is 1.24. The molecule has 0 aliphatic carbocycles. The summed E-state index contributed by atoms with van der Waals surface area (Å²) < 4.78 is 8.50. The SMILES string of the molecule is COc1ccc(-c2cn(-c3ccc4c(=O)n(-c5ccccc5)c(/C=C/c5ccc(C#N)cc5)nc4c3)nn2)cc1. The fraction of sp³-hybridized carbons (Fsp3) is 0.0312. The van der Waals surface area contributed by atoms with E-state index < -0.39 is 0 Å². The molecular weight excluding hydrogens is 500 g/mol. The molecule has 0 aliphatic heterocycles. The molecule has 0 N–H and O–H groups in total. The molecule has 0 spiro atoms. The Balaban J connectivity index is 1.43. The molecule has 192 valence electrons. The van der Waals surface area contributed by atoms with Crippen LogP contribution < -0.4 is 10.3 Å². The molecule has 2 heterocycles. The van der Waals surface area contributed by atoms with E-state index in [0.717, 1.165) is 22.6 Å². The molecule has 0 amide bonds. The van der Waals surface area contributed by atoms with Gasteiger partial charge in [-0.25, -0.2) is 9.67 Å². The van der Waals surface area contributed by atoms with E-state index in [1.165, 1.54) is 0 Å². The van der Waals surface area contributed by atoms with Gasteiger partial charge < -0.3 is 4.74 Å². The molecule has 0 unspecified atom stereocenters. The maximum Gasteiger partial charge on any atom is 0.266 e. The Kier molecular flexibility index (Phi) is 6.45. The van der Waals surface area contributed by atoms with Crippen LogP contribution in [0.5, 0.6) is 5.75 Å². The van der Waals surface area contributed by atoms with E-state index in [9.17, 15) is 4.79 Å². The Morgan fingerprint density at radius 3 is 2.38 bits per heavy atom. The predicted molar refractivity (Wildman–Crippen MR) is 154 cm³/mol. The number of rotatable bonds is 6. The normalized spacial score (nSPS) is 11.1. The Morgan fingerprint density at radius 2 is 1.65 bits per heavy atom. The first kappa shape index (κ1) is 24.5. The first-order valence-corrected chi connectivity index (χ1v) is 12.5. The van der Waals surface area contributed by atoms with Crippen molar-refractivity contribution in [1.29, 1.82) is 5.26 Å². The summed E-state index contributed by atoms with van der Waals surface area (Å²) in [4.78, 5) is 18.6. The summed E-state index contributed by atoms with van der Waals surface area (Å²) in [7, 11) is 1.63. The van der Waals surface area contributed by atoms with Crippen molar-refractivity contribution < 1.29 is 4.74 Å². The molecule has 4 aromatic carbocycles. The third-order valence-corrected chi connectivity index (χ3v) is 6.50. The standard InChI is InChI=1S/C32H22N6O2/c1-40-27-15-12-24(13-16-27)30-21-37(36-35-30)26-14-17-28-29(19-26)34-31(18-11-22-7-9-23(20-33)10-8-22)38(32(28)39)25-5-3-2-4-6-25/h2-19,21H,1H3/b18-11+. The zero-order valence-electron chi connectivity index (χ0n) is 21.5. The third-order valence-electron chi connectivity index (χ3n) is 6.50. The number of fused-ring (bicyclic) bond motifs is 1. The van der Waals surface area contributed by atoms with Gasteiger partial charge in [0.2, 0.25) is 0 Å². The number of methoxy groups -OCH3 is 1. The van der Waals surface area contributed by atoms with Crippen LogP contribution in [0.1, 0.15) is 17.0 Å². The summed E-state index contributed by atoms with van der Waals surface area (Å²) in [6.45, 7) is 0. The maximum atomic E-state index is 13.7. The van der Waals surface area contributed by atoms with Gasteiger partial charge in [0.05, 0.1) is 47.2 Å². The molecule has 6 aromatic rings. The molecule has 0 saturated carbocycles. The van der Waals surface area contributed by atoms with E-state index in [1.54, 1.807) is 40.6 Å². The third kappa shape index (κ3) is 4.75. The Morgan fingerprint density at radius 1 is 0.875 bits per heavy atom. The summed E-state index contributed by atoms with van der Waals surface area (Å²) >= 11 is 0.